The molecule has 0 N–H and O–H groups in total. The van der Waals surface area contributed by atoms with Gasteiger partial charge in [-0.25, -0.2) is 8.78 Å². The molecule has 1 aromatic rings. The van der Waals surface area contributed by atoms with Gasteiger partial charge >= 0.3 is 0 Å². The highest BCUT2D eigenvalue weighted by Gasteiger charge is 2.21. The summed E-state index contributed by atoms with van der Waals surface area (Å²) >= 11 is 5.44. The number of pyridine rings is 1. The van der Waals surface area contributed by atoms with E-state index in [1.807, 2.05) is 0 Å². The predicted octanol–water partition coefficient (Wildman–Crippen LogP) is 2.44. The topological polar surface area (TPSA) is 53.8 Å². The number of aromatic nitrogens is 1. The van der Waals surface area contributed by atoms with Crippen LogP contribution in [0.3, 0.4) is 0 Å². The number of carbonyl (C=O) groups is 1. The fraction of sp³-hybridized carbons (Fsp3) is 0.222. The fourth-order valence-corrected chi connectivity index (χ4v) is 1.34. The zero-order valence-electron chi connectivity index (χ0n) is 7.38. The quantitative estimate of drug-likeness (QED) is 0.592. The Morgan fingerprint density at radius 1 is 1.67 bits per heavy atom. The number of rotatable bonds is 3. The van der Waals surface area contributed by atoms with Gasteiger partial charge in [-0.2, -0.15) is 5.26 Å². The number of halogens is 3. The Balaban J connectivity index is 3.53. The number of aldehydes is 1. The van der Waals surface area contributed by atoms with Gasteiger partial charge in [-0.3, -0.25) is 9.78 Å². The van der Waals surface area contributed by atoms with Crippen LogP contribution in [0.5, 0.6) is 0 Å². The summed E-state index contributed by atoms with van der Waals surface area (Å²) in [6.07, 6.45) is -1.66. The van der Waals surface area contributed by atoms with E-state index in [0.717, 1.165) is 6.20 Å². The maximum absolute atomic E-state index is 12.6. The molecule has 0 saturated carbocycles. The molecule has 0 saturated heterocycles. The predicted molar refractivity (Wildman–Crippen MR) is 48.9 cm³/mol. The molecule has 6 heteroatoms. The van der Waals surface area contributed by atoms with Crippen molar-refractivity contribution >= 4 is 17.9 Å². The lowest BCUT2D eigenvalue weighted by Crippen LogP contribution is -2.03. The first kappa shape index (κ1) is 11.5. The second kappa shape index (κ2) is 4.80. The van der Waals surface area contributed by atoms with Crippen molar-refractivity contribution in [2.75, 3.05) is 0 Å². The molecule has 0 aliphatic carbocycles. The van der Waals surface area contributed by atoms with Crippen LogP contribution >= 0.6 is 11.6 Å². The van der Waals surface area contributed by atoms with Gasteiger partial charge in [0.1, 0.15) is 6.07 Å². The van der Waals surface area contributed by atoms with Crippen molar-refractivity contribution in [2.24, 2.45) is 0 Å². The van der Waals surface area contributed by atoms with E-state index < -0.39 is 12.0 Å². The van der Waals surface area contributed by atoms with Gasteiger partial charge in [0, 0.05) is 17.3 Å². The lowest BCUT2D eigenvalue weighted by atomic mass is 10.0. The van der Waals surface area contributed by atoms with Crippen molar-refractivity contribution in [1.29, 1.82) is 5.26 Å². The molecule has 0 bridgehead atoms. The summed E-state index contributed by atoms with van der Waals surface area (Å²) in [4.78, 5) is 14.1. The van der Waals surface area contributed by atoms with Gasteiger partial charge in [0.05, 0.1) is 17.1 Å². The second-order valence-electron chi connectivity index (χ2n) is 2.61. The van der Waals surface area contributed by atoms with Crippen LogP contribution in [0.15, 0.2) is 6.20 Å². The Hall–Kier alpha value is -1.54. The Morgan fingerprint density at radius 2 is 2.33 bits per heavy atom. The first-order valence-electron chi connectivity index (χ1n) is 3.86. The van der Waals surface area contributed by atoms with Gasteiger partial charge in [-0.05, 0) is 0 Å². The Bertz CT molecular complexity index is 429. The van der Waals surface area contributed by atoms with Gasteiger partial charge in [0.25, 0.3) is 6.43 Å². The Morgan fingerprint density at radius 3 is 2.73 bits per heavy atom. The molecular weight excluding hydrogens is 226 g/mol. The zero-order valence-corrected chi connectivity index (χ0v) is 8.13. The van der Waals surface area contributed by atoms with E-state index in [9.17, 15) is 13.6 Å². The minimum Gasteiger partial charge on any atom is -0.298 e. The molecule has 0 fully saturated rings. The van der Waals surface area contributed by atoms with Crippen molar-refractivity contribution in [3.63, 3.8) is 0 Å². The molecule has 0 aromatic carbocycles. The van der Waals surface area contributed by atoms with E-state index in [2.05, 4.69) is 4.98 Å². The molecule has 1 aromatic heterocycles. The molecule has 0 aliphatic heterocycles. The number of alkyl halides is 3. The van der Waals surface area contributed by atoms with E-state index in [4.69, 9.17) is 16.9 Å². The van der Waals surface area contributed by atoms with Crippen LogP contribution in [0, 0.1) is 11.3 Å². The van der Waals surface area contributed by atoms with E-state index in [-0.39, 0.29) is 29.0 Å². The number of hydrogen-bond donors (Lipinski definition) is 0. The van der Waals surface area contributed by atoms with Crippen molar-refractivity contribution in [3.8, 4) is 6.07 Å². The van der Waals surface area contributed by atoms with Crippen LogP contribution < -0.4 is 0 Å². The molecule has 0 unspecified atom stereocenters. The minimum atomic E-state index is -2.90. The summed E-state index contributed by atoms with van der Waals surface area (Å²) in [7, 11) is 0. The van der Waals surface area contributed by atoms with Crippen molar-refractivity contribution in [3.05, 3.63) is 28.6 Å². The maximum Gasteiger partial charge on any atom is 0.265 e. The van der Waals surface area contributed by atoms with Crippen molar-refractivity contribution in [1.82, 2.24) is 4.98 Å². The lowest BCUT2D eigenvalue weighted by molar-refractivity contribution is 0.110. The highest BCUT2D eigenvalue weighted by Crippen LogP contribution is 2.27. The van der Waals surface area contributed by atoms with Crippen LogP contribution in [0.1, 0.15) is 33.6 Å². The highest BCUT2D eigenvalue weighted by atomic mass is 35.5. The Labute approximate surface area is 89.3 Å². The van der Waals surface area contributed by atoms with Crippen LogP contribution in [0.4, 0.5) is 8.78 Å². The van der Waals surface area contributed by atoms with Gasteiger partial charge in [0.2, 0.25) is 0 Å². The molecule has 0 amide bonds. The van der Waals surface area contributed by atoms with E-state index in [1.165, 1.54) is 0 Å². The van der Waals surface area contributed by atoms with Crippen LogP contribution in [0.25, 0.3) is 0 Å². The minimum absolute atomic E-state index is 0.0556. The summed E-state index contributed by atoms with van der Waals surface area (Å²) in [5.41, 5.74) is -1.14. The molecule has 0 aliphatic rings. The van der Waals surface area contributed by atoms with Gasteiger partial charge < -0.3 is 0 Å². The van der Waals surface area contributed by atoms with E-state index in [1.54, 1.807) is 6.07 Å². The van der Waals surface area contributed by atoms with Gasteiger partial charge in [0.15, 0.2) is 6.29 Å². The number of carbonyl (C=O) groups excluding carboxylic acids is 1. The van der Waals surface area contributed by atoms with Gasteiger partial charge in [-0.1, -0.05) is 0 Å². The highest BCUT2D eigenvalue weighted by molar-refractivity contribution is 6.17. The first-order chi connectivity index (χ1) is 7.15. The molecule has 1 rings (SSSR count). The molecule has 0 atom stereocenters. The summed E-state index contributed by atoms with van der Waals surface area (Å²) in [6.45, 7) is 0. The number of hydrogen-bond acceptors (Lipinski definition) is 3. The third-order valence-corrected chi connectivity index (χ3v) is 2.07. The third-order valence-electron chi connectivity index (χ3n) is 1.81. The fourth-order valence-electron chi connectivity index (χ4n) is 1.14. The van der Waals surface area contributed by atoms with Crippen LogP contribution in [0.2, 0.25) is 0 Å². The number of nitriles is 1. The van der Waals surface area contributed by atoms with Gasteiger partial charge in [-0.15, -0.1) is 11.6 Å². The van der Waals surface area contributed by atoms with E-state index >= 15 is 0 Å². The molecule has 0 spiro atoms. The summed E-state index contributed by atoms with van der Waals surface area (Å²) in [6, 6.07) is 1.59. The normalized spacial score (nSPS) is 10.1. The SMILES string of the molecule is N#Cc1c(CCl)ncc(C=O)c1C(F)F. The number of nitrogens with zero attached hydrogens (tertiary/aromatic N) is 2. The summed E-state index contributed by atoms with van der Waals surface area (Å²) in [5, 5.41) is 8.70. The largest absolute Gasteiger partial charge is 0.298 e. The maximum atomic E-state index is 12.6. The lowest BCUT2D eigenvalue weighted by Gasteiger charge is -2.08. The van der Waals surface area contributed by atoms with E-state index in [0.29, 0.717) is 0 Å². The average Bonchev–Trinajstić information content (AvgIpc) is 2.26. The second-order valence-corrected chi connectivity index (χ2v) is 2.88. The third kappa shape index (κ3) is 2.10. The monoisotopic (exact) mass is 230 g/mol. The van der Waals surface area contributed by atoms with Crippen molar-refractivity contribution in [2.45, 2.75) is 12.3 Å². The smallest absolute Gasteiger partial charge is 0.265 e. The summed E-state index contributed by atoms with van der Waals surface area (Å²) in [5.74, 6) is -0.151. The van der Waals surface area contributed by atoms with Crippen LogP contribution in [-0.4, -0.2) is 11.3 Å². The molecule has 0 radical (unpaired) electrons. The summed E-state index contributed by atoms with van der Waals surface area (Å²) < 4.78 is 25.2. The molecule has 78 valence electrons. The molecule has 3 nitrogen and oxygen atoms in total. The molecular formula is C9H5ClF2N2O. The zero-order chi connectivity index (χ0) is 11.4. The standard InChI is InChI=1S/C9H5ClF2N2O/c10-1-7-6(2-13)8(9(11)12)5(4-15)3-14-7/h3-4,9H,1H2. The first-order valence-corrected chi connectivity index (χ1v) is 4.40. The average molecular weight is 231 g/mol. The molecule has 15 heavy (non-hydrogen) atoms. The van der Waals surface area contributed by atoms with Crippen molar-refractivity contribution < 1.29 is 13.6 Å². The van der Waals surface area contributed by atoms with Crippen LogP contribution in [-0.2, 0) is 5.88 Å². The Kier molecular flexibility index (Phi) is 3.69. The molecule has 1 heterocycles.